The molecular formula is C24H31NO2S. The second-order valence-electron chi connectivity index (χ2n) is 7.48. The topological polar surface area (TPSA) is 38.3 Å². The van der Waals surface area contributed by atoms with E-state index in [1.165, 1.54) is 35.1 Å². The second-order valence-corrected chi connectivity index (χ2v) is 8.59. The van der Waals surface area contributed by atoms with Gasteiger partial charge in [-0.1, -0.05) is 42.8 Å². The fraction of sp³-hybridized carbons (Fsp3) is 0.458. The highest BCUT2D eigenvalue weighted by Gasteiger charge is 2.19. The van der Waals surface area contributed by atoms with Crippen molar-refractivity contribution in [3.8, 4) is 5.75 Å². The summed E-state index contributed by atoms with van der Waals surface area (Å²) < 4.78 is 6.01. The summed E-state index contributed by atoms with van der Waals surface area (Å²) in [7, 11) is 0. The number of nitrogens with one attached hydrogen (secondary N) is 1. The number of benzene rings is 2. The molecule has 28 heavy (non-hydrogen) atoms. The van der Waals surface area contributed by atoms with Crippen molar-refractivity contribution in [3.05, 3.63) is 64.7 Å². The monoisotopic (exact) mass is 397 g/mol. The molecule has 0 bridgehead atoms. The first-order valence-corrected chi connectivity index (χ1v) is 11.5. The lowest BCUT2D eigenvalue weighted by molar-refractivity contribution is -0.127. The van der Waals surface area contributed by atoms with Crippen LogP contribution in [0, 0.1) is 6.92 Å². The normalized spacial score (nSPS) is 14.2. The Morgan fingerprint density at radius 1 is 1.11 bits per heavy atom. The molecule has 0 radical (unpaired) electrons. The maximum absolute atomic E-state index is 12.5. The second kappa shape index (κ2) is 10.6. The van der Waals surface area contributed by atoms with Crippen LogP contribution in [0.15, 0.2) is 42.5 Å². The van der Waals surface area contributed by atoms with Gasteiger partial charge < -0.3 is 10.1 Å². The Labute approximate surface area is 173 Å². The molecule has 1 N–H and O–H groups in total. The van der Waals surface area contributed by atoms with Gasteiger partial charge in [-0.05, 0) is 67.9 Å². The van der Waals surface area contributed by atoms with Crippen LogP contribution in [0.3, 0.4) is 0 Å². The van der Waals surface area contributed by atoms with Gasteiger partial charge in [-0.25, -0.2) is 0 Å². The first-order valence-electron chi connectivity index (χ1n) is 10.3. The van der Waals surface area contributed by atoms with Crippen LogP contribution in [0.25, 0.3) is 0 Å². The number of hydrogen-bond acceptors (Lipinski definition) is 3. The van der Waals surface area contributed by atoms with Crippen molar-refractivity contribution in [2.45, 2.75) is 57.8 Å². The summed E-state index contributed by atoms with van der Waals surface area (Å²) in [6, 6.07) is 14.9. The number of carbonyl (C=O) groups is 1. The van der Waals surface area contributed by atoms with Crippen LogP contribution in [0.5, 0.6) is 5.75 Å². The fourth-order valence-electron chi connectivity index (χ4n) is 3.50. The third-order valence-corrected chi connectivity index (χ3v) is 6.23. The number of carbonyl (C=O) groups excluding carboxylic acids is 1. The zero-order chi connectivity index (χ0) is 19.8. The third-order valence-electron chi connectivity index (χ3n) is 5.20. The molecule has 2 aromatic carbocycles. The SMILES string of the molecule is CC[C@@H](Oc1ccc2c(c1)CCCC2)C(=O)NCCSCc1ccc(C)cc1. The number of hydrogen-bond donors (Lipinski definition) is 1. The number of fused-ring (bicyclic) bond motifs is 1. The largest absolute Gasteiger partial charge is 0.481 e. The van der Waals surface area contributed by atoms with Gasteiger partial charge in [0.2, 0.25) is 0 Å². The van der Waals surface area contributed by atoms with Gasteiger partial charge in [0.05, 0.1) is 0 Å². The molecule has 1 atom stereocenters. The molecule has 0 aromatic heterocycles. The van der Waals surface area contributed by atoms with E-state index < -0.39 is 6.10 Å². The van der Waals surface area contributed by atoms with E-state index in [9.17, 15) is 4.79 Å². The first kappa shape index (κ1) is 20.8. The zero-order valence-corrected chi connectivity index (χ0v) is 17.8. The summed E-state index contributed by atoms with van der Waals surface area (Å²) in [5, 5.41) is 3.03. The molecular weight excluding hydrogens is 366 g/mol. The van der Waals surface area contributed by atoms with Gasteiger partial charge in [0, 0.05) is 18.1 Å². The molecule has 0 spiro atoms. The van der Waals surface area contributed by atoms with E-state index in [1.807, 2.05) is 24.8 Å². The number of aryl methyl sites for hydroxylation is 3. The van der Waals surface area contributed by atoms with Gasteiger partial charge >= 0.3 is 0 Å². The first-order chi connectivity index (χ1) is 13.7. The summed E-state index contributed by atoms with van der Waals surface area (Å²) >= 11 is 1.84. The van der Waals surface area contributed by atoms with Crippen LogP contribution in [0.2, 0.25) is 0 Å². The Balaban J connectivity index is 1.41. The number of thioether (sulfide) groups is 1. The smallest absolute Gasteiger partial charge is 0.261 e. The summed E-state index contributed by atoms with van der Waals surface area (Å²) in [4.78, 5) is 12.5. The predicted molar refractivity (Wildman–Crippen MR) is 118 cm³/mol. The fourth-order valence-corrected chi connectivity index (χ4v) is 4.32. The van der Waals surface area contributed by atoms with E-state index in [0.29, 0.717) is 13.0 Å². The molecule has 4 heteroatoms. The number of rotatable bonds is 9. The maximum atomic E-state index is 12.5. The minimum atomic E-state index is -0.427. The lowest BCUT2D eigenvalue weighted by Crippen LogP contribution is -2.39. The molecule has 0 unspecified atom stereocenters. The van der Waals surface area contributed by atoms with Crippen LogP contribution < -0.4 is 10.1 Å². The van der Waals surface area contributed by atoms with Crippen LogP contribution in [0.1, 0.15) is 48.4 Å². The van der Waals surface area contributed by atoms with E-state index in [2.05, 4.69) is 48.6 Å². The van der Waals surface area contributed by atoms with Crippen LogP contribution in [0.4, 0.5) is 0 Å². The summed E-state index contributed by atoms with van der Waals surface area (Å²) in [5.74, 6) is 2.67. The number of amides is 1. The zero-order valence-electron chi connectivity index (χ0n) is 17.0. The molecule has 0 aliphatic heterocycles. The Bertz CT molecular complexity index is 773. The van der Waals surface area contributed by atoms with Crippen LogP contribution >= 0.6 is 11.8 Å². The van der Waals surface area contributed by atoms with Crippen molar-refractivity contribution in [2.75, 3.05) is 12.3 Å². The predicted octanol–water partition coefficient (Wildman–Crippen LogP) is 5.08. The van der Waals surface area contributed by atoms with Crippen molar-refractivity contribution in [1.29, 1.82) is 0 Å². The molecule has 3 rings (SSSR count). The Kier molecular flexibility index (Phi) is 7.84. The summed E-state index contributed by atoms with van der Waals surface area (Å²) in [6.07, 6.45) is 5.04. The molecule has 0 heterocycles. The van der Waals surface area contributed by atoms with Gasteiger partial charge in [0.15, 0.2) is 6.10 Å². The molecule has 0 saturated heterocycles. The van der Waals surface area contributed by atoms with E-state index in [-0.39, 0.29) is 5.91 Å². The summed E-state index contributed by atoms with van der Waals surface area (Å²) in [5.41, 5.74) is 5.42. The van der Waals surface area contributed by atoms with E-state index in [4.69, 9.17) is 4.74 Å². The van der Waals surface area contributed by atoms with Crippen molar-refractivity contribution in [3.63, 3.8) is 0 Å². The third kappa shape index (κ3) is 6.03. The van der Waals surface area contributed by atoms with Crippen molar-refractivity contribution in [2.24, 2.45) is 0 Å². The minimum absolute atomic E-state index is 0.0174. The maximum Gasteiger partial charge on any atom is 0.261 e. The van der Waals surface area contributed by atoms with Crippen molar-refractivity contribution < 1.29 is 9.53 Å². The highest BCUT2D eigenvalue weighted by atomic mass is 32.2. The van der Waals surface area contributed by atoms with Gasteiger partial charge in [-0.3, -0.25) is 4.79 Å². The van der Waals surface area contributed by atoms with Crippen molar-refractivity contribution >= 4 is 17.7 Å². The number of ether oxygens (including phenoxy) is 1. The van der Waals surface area contributed by atoms with Gasteiger partial charge in [-0.2, -0.15) is 11.8 Å². The molecule has 0 fully saturated rings. The lowest BCUT2D eigenvalue weighted by atomic mass is 9.92. The Morgan fingerprint density at radius 2 is 1.86 bits per heavy atom. The standard InChI is InChI=1S/C24H31NO2S/c1-3-23(27-22-13-12-20-6-4-5-7-21(20)16-22)24(26)25-14-15-28-17-19-10-8-18(2)9-11-19/h8-13,16,23H,3-7,14-15,17H2,1-2H3,(H,25,26)/t23-/m1/s1. The molecule has 1 aliphatic carbocycles. The molecule has 0 saturated carbocycles. The van der Waals surface area contributed by atoms with E-state index in [1.54, 1.807) is 0 Å². The molecule has 2 aromatic rings. The molecule has 3 nitrogen and oxygen atoms in total. The van der Waals surface area contributed by atoms with E-state index in [0.717, 1.165) is 30.1 Å². The highest BCUT2D eigenvalue weighted by molar-refractivity contribution is 7.98. The Morgan fingerprint density at radius 3 is 2.61 bits per heavy atom. The highest BCUT2D eigenvalue weighted by Crippen LogP contribution is 2.26. The Hall–Kier alpha value is -1.94. The molecule has 150 valence electrons. The van der Waals surface area contributed by atoms with Crippen LogP contribution in [-0.2, 0) is 23.4 Å². The lowest BCUT2D eigenvalue weighted by Gasteiger charge is -2.20. The van der Waals surface area contributed by atoms with Gasteiger partial charge in [0.25, 0.3) is 5.91 Å². The minimum Gasteiger partial charge on any atom is -0.481 e. The average Bonchev–Trinajstić information content (AvgIpc) is 2.72. The van der Waals surface area contributed by atoms with Crippen molar-refractivity contribution in [1.82, 2.24) is 5.32 Å². The van der Waals surface area contributed by atoms with Gasteiger partial charge in [0.1, 0.15) is 5.75 Å². The van der Waals surface area contributed by atoms with Gasteiger partial charge in [-0.15, -0.1) is 0 Å². The van der Waals surface area contributed by atoms with E-state index >= 15 is 0 Å². The molecule has 1 aliphatic rings. The average molecular weight is 398 g/mol. The summed E-state index contributed by atoms with van der Waals surface area (Å²) in [6.45, 7) is 4.76. The quantitative estimate of drug-likeness (QED) is 0.600. The molecule has 1 amide bonds. The van der Waals surface area contributed by atoms with Crippen LogP contribution in [-0.4, -0.2) is 24.3 Å².